The van der Waals surface area contributed by atoms with Crippen molar-refractivity contribution in [2.45, 2.75) is 0 Å². The molecule has 0 bridgehead atoms. The molecular formula is C30H24FN5O4S. The number of rotatable bonds is 6. The Morgan fingerprint density at radius 1 is 1.05 bits per heavy atom. The minimum absolute atomic E-state index is 0.245. The van der Waals surface area contributed by atoms with Gasteiger partial charge in [0.1, 0.15) is 23.5 Å². The zero-order valence-corrected chi connectivity index (χ0v) is 23.1. The first-order chi connectivity index (χ1) is 19.7. The smallest absolute Gasteiger partial charge is 0.255 e. The van der Waals surface area contributed by atoms with Crippen LogP contribution in [-0.4, -0.2) is 49.2 Å². The molecule has 0 saturated carbocycles. The van der Waals surface area contributed by atoms with Crippen LogP contribution in [-0.2, 0) is 10.0 Å². The van der Waals surface area contributed by atoms with Crippen LogP contribution in [0.25, 0.3) is 50.1 Å². The van der Waals surface area contributed by atoms with Crippen molar-refractivity contribution in [3.8, 4) is 28.1 Å². The largest absolute Gasteiger partial charge is 0.455 e. The van der Waals surface area contributed by atoms with Gasteiger partial charge in [-0.05, 0) is 60.2 Å². The molecule has 6 aromatic rings. The summed E-state index contributed by atoms with van der Waals surface area (Å²) in [6, 6.07) is 18.3. The van der Waals surface area contributed by atoms with Gasteiger partial charge in [0.15, 0.2) is 0 Å². The molecule has 0 aliphatic rings. The van der Waals surface area contributed by atoms with Crippen molar-refractivity contribution in [1.82, 2.24) is 19.9 Å². The molecule has 0 saturated heterocycles. The average molecular weight is 570 g/mol. The number of halogens is 1. The highest BCUT2D eigenvalue weighted by Crippen LogP contribution is 2.42. The fourth-order valence-electron chi connectivity index (χ4n) is 4.83. The van der Waals surface area contributed by atoms with E-state index in [0.717, 1.165) is 23.0 Å². The van der Waals surface area contributed by atoms with Gasteiger partial charge < -0.3 is 9.73 Å². The number of aromatic nitrogens is 3. The van der Waals surface area contributed by atoms with Crippen LogP contribution in [0.15, 0.2) is 89.9 Å². The Labute approximate surface area is 234 Å². The summed E-state index contributed by atoms with van der Waals surface area (Å²) in [5.74, 6) is -0.579. The number of nitrogens with zero attached hydrogens (tertiary/aromatic N) is 4. The lowest BCUT2D eigenvalue weighted by Gasteiger charge is -2.21. The number of furan rings is 1. The first-order valence-electron chi connectivity index (χ1n) is 12.6. The Kier molecular flexibility index (Phi) is 6.30. The number of hydrogen-bond acceptors (Lipinski definition) is 6. The van der Waals surface area contributed by atoms with Crippen molar-refractivity contribution in [1.29, 1.82) is 0 Å². The quantitative estimate of drug-likeness (QED) is 0.288. The summed E-state index contributed by atoms with van der Waals surface area (Å²) in [4.78, 5) is 21.9. The number of amides is 1. The predicted molar refractivity (Wildman–Crippen MR) is 156 cm³/mol. The topological polar surface area (TPSA) is 110 Å². The van der Waals surface area contributed by atoms with Crippen LogP contribution in [0.2, 0.25) is 0 Å². The number of sulfonamides is 1. The van der Waals surface area contributed by atoms with Crippen molar-refractivity contribution in [3.63, 3.8) is 0 Å². The van der Waals surface area contributed by atoms with Crippen LogP contribution in [0.1, 0.15) is 10.4 Å². The molecule has 11 heteroatoms. The lowest BCUT2D eigenvalue weighted by Crippen LogP contribution is -2.25. The highest BCUT2D eigenvalue weighted by molar-refractivity contribution is 7.92. The van der Waals surface area contributed by atoms with Gasteiger partial charge in [-0.15, -0.1) is 0 Å². The van der Waals surface area contributed by atoms with Crippen molar-refractivity contribution < 1.29 is 22.0 Å². The number of imidazole rings is 1. The Bertz CT molecular complexity index is 2050. The standard InChI is InChI=1S/C30H24FN5O4S/c1-32-30(37)28-23-14-22(19-8-11-24-26(13-19)36(17-34-24)21-5-4-12-33-16-21)25(35(2)41(3,38)39)15-27(23)40-29(28)18-6-9-20(31)10-7-18/h4-17H,1-3H3,(H,32,37). The summed E-state index contributed by atoms with van der Waals surface area (Å²) in [5.41, 5.74) is 5.02. The maximum absolute atomic E-state index is 13.7. The average Bonchev–Trinajstić information content (AvgIpc) is 3.57. The third-order valence-electron chi connectivity index (χ3n) is 6.99. The number of carbonyl (C=O) groups excluding carboxylic acids is 1. The van der Waals surface area contributed by atoms with Crippen LogP contribution in [0.5, 0.6) is 0 Å². The number of anilines is 1. The number of pyridine rings is 1. The molecule has 0 aliphatic heterocycles. The van der Waals surface area contributed by atoms with Crippen LogP contribution < -0.4 is 9.62 Å². The first kappa shape index (κ1) is 26.2. The Morgan fingerprint density at radius 2 is 1.80 bits per heavy atom. The van der Waals surface area contributed by atoms with Gasteiger partial charge in [-0.1, -0.05) is 6.07 Å². The van der Waals surface area contributed by atoms with Gasteiger partial charge in [0.25, 0.3) is 5.91 Å². The van der Waals surface area contributed by atoms with E-state index >= 15 is 0 Å². The molecule has 206 valence electrons. The van der Waals surface area contributed by atoms with Gasteiger partial charge >= 0.3 is 0 Å². The van der Waals surface area contributed by atoms with Gasteiger partial charge in [-0.3, -0.25) is 18.7 Å². The molecule has 6 rings (SSSR count). The summed E-state index contributed by atoms with van der Waals surface area (Å²) in [6.45, 7) is 0. The minimum Gasteiger partial charge on any atom is -0.455 e. The number of nitrogens with one attached hydrogen (secondary N) is 1. The molecule has 3 aromatic heterocycles. The number of carbonyl (C=O) groups is 1. The molecule has 0 radical (unpaired) electrons. The van der Waals surface area contributed by atoms with E-state index in [1.54, 1.807) is 30.9 Å². The molecule has 9 nitrogen and oxygen atoms in total. The monoisotopic (exact) mass is 569 g/mol. The van der Waals surface area contributed by atoms with Crippen molar-refractivity contribution in [3.05, 3.63) is 96.8 Å². The Hall–Kier alpha value is -5.03. The summed E-state index contributed by atoms with van der Waals surface area (Å²) in [5, 5.41) is 3.13. The normalized spacial score (nSPS) is 11.7. The van der Waals surface area contributed by atoms with Gasteiger partial charge in [-0.25, -0.2) is 17.8 Å². The first-order valence-corrected chi connectivity index (χ1v) is 14.4. The molecular weight excluding hydrogens is 545 g/mol. The molecule has 0 atom stereocenters. The van der Waals surface area contributed by atoms with Crippen molar-refractivity contribution >= 4 is 43.6 Å². The van der Waals surface area contributed by atoms with Crippen LogP contribution in [0.4, 0.5) is 10.1 Å². The second-order valence-electron chi connectivity index (χ2n) is 9.52. The molecule has 0 spiro atoms. The molecule has 0 unspecified atom stereocenters. The summed E-state index contributed by atoms with van der Waals surface area (Å²) in [6.07, 6.45) is 6.23. The van der Waals surface area contributed by atoms with Gasteiger partial charge in [-0.2, -0.15) is 0 Å². The van der Waals surface area contributed by atoms with Crippen molar-refractivity contribution in [2.75, 3.05) is 24.7 Å². The van der Waals surface area contributed by atoms with Gasteiger partial charge in [0.05, 0.1) is 40.4 Å². The molecule has 3 aromatic carbocycles. The van der Waals surface area contributed by atoms with E-state index < -0.39 is 21.7 Å². The van der Waals surface area contributed by atoms with Crippen LogP contribution in [0, 0.1) is 5.82 Å². The van der Waals surface area contributed by atoms with Crippen LogP contribution >= 0.6 is 0 Å². The molecule has 41 heavy (non-hydrogen) atoms. The Balaban J connectivity index is 1.64. The molecule has 1 amide bonds. The minimum atomic E-state index is -3.67. The fourth-order valence-corrected chi connectivity index (χ4v) is 5.34. The summed E-state index contributed by atoms with van der Waals surface area (Å²) < 4.78 is 48.3. The Morgan fingerprint density at radius 3 is 2.49 bits per heavy atom. The van der Waals surface area contributed by atoms with E-state index in [1.807, 2.05) is 34.9 Å². The zero-order valence-electron chi connectivity index (χ0n) is 22.3. The molecule has 1 N–H and O–H groups in total. The van der Waals surface area contributed by atoms with Crippen molar-refractivity contribution in [2.24, 2.45) is 0 Å². The highest BCUT2D eigenvalue weighted by atomic mass is 32.2. The molecule has 0 aliphatic carbocycles. The van der Waals surface area contributed by atoms with E-state index in [-0.39, 0.29) is 11.3 Å². The zero-order chi connectivity index (χ0) is 28.9. The summed E-state index contributed by atoms with van der Waals surface area (Å²) >= 11 is 0. The highest BCUT2D eigenvalue weighted by Gasteiger charge is 2.26. The van der Waals surface area contributed by atoms with E-state index in [9.17, 15) is 17.6 Å². The second-order valence-corrected chi connectivity index (χ2v) is 11.5. The molecule has 3 heterocycles. The molecule has 0 fully saturated rings. The maximum Gasteiger partial charge on any atom is 0.255 e. The lowest BCUT2D eigenvalue weighted by molar-refractivity contribution is 0.0964. The van der Waals surface area contributed by atoms with Crippen LogP contribution in [0.3, 0.4) is 0 Å². The third-order valence-corrected chi connectivity index (χ3v) is 8.18. The second kappa shape index (κ2) is 9.86. The summed E-state index contributed by atoms with van der Waals surface area (Å²) in [7, 11) is -0.704. The third kappa shape index (κ3) is 4.59. The van der Waals surface area contributed by atoms with Gasteiger partial charge in [0.2, 0.25) is 10.0 Å². The van der Waals surface area contributed by atoms with E-state index in [1.165, 1.54) is 42.7 Å². The lowest BCUT2D eigenvalue weighted by atomic mass is 9.98. The fraction of sp³-hybridized carbons (Fsp3) is 0.100. The van der Waals surface area contributed by atoms with E-state index in [0.29, 0.717) is 33.3 Å². The maximum atomic E-state index is 13.7. The number of benzene rings is 3. The predicted octanol–water partition coefficient (Wildman–Crippen LogP) is 5.40. The number of hydrogen-bond donors (Lipinski definition) is 1. The number of fused-ring (bicyclic) bond motifs is 2. The SMILES string of the molecule is CNC(=O)c1c(-c2ccc(F)cc2)oc2cc(N(C)S(C)(=O)=O)c(-c3ccc4ncn(-c5cccnc5)c4c3)cc12. The van der Waals surface area contributed by atoms with Gasteiger partial charge in [0, 0.05) is 42.9 Å². The van der Waals surface area contributed by atoms with E-state index in [4.69, 9.17) is 4.42 Å². The van der Waals surface area contributed by atoms with E-state index in [2.05, 4.69) is 15.3 Å².